The normalized spacial score (nSPS) is 20.2. The zero-order valence-corrected chi connectivity index (χ0v) is 11.6. The summed E-state index contributed by atoms with van der Waals surface area (Å²) in [4.78, 5) is 6.93. The predicted molar refractivity (Wildman–Crippen MR) is 80.6 cm³/mol. The first-order valence-electron chi connectivity index (χ1n) is 7.08. The molecular formula is C16H21N3. The van der Waals surface area contributed by atoms with Crippen LogP contribution in [0.15, 0.2) is 36.5 Å². The molecule has 0 aliphatic carbocycles. The Bertz CT molecular complexity index is 565. The standard InChI is InChI=1S/C16H21N3/c1-12(2)16-11-17-8-9-19(16)14-5-6-15-13(10-14)4-3-7-18-15/h3-7,10,12,16-17H,8-9,11H2,1-2H3. The van der Waals surface area contributed by atoms with Crippen molar-refractivity contribution in [2.75, 3.05) is 24.5 Å². The molecule has 3 nitrogen and oxygen atoms in total. The fourth-order valence-electron chi connectivity index (χ4n) is 2.88. The first-order valence-corrected chi connectivity index (χ1v) is 7.08. The van der Waals surface area contributed by atoms with Gasteiger partial charge in [-0.1, -0.05) is 19.9 Å². The second-order valence-corrected chi connectivity index (χ2v) is 5.59. The summed E-state index contributed by atoms with van der Waals surface area (Å²) < 4.78 is 0. The topological polar surface area (TPSA) is 28.2 Å². The van der Waals surface area contributed by atoms with E-state index in [0.29, 0.717) is 12.0 Å². The predicted octanol–water partition coefficient (Wildman–Crippen LogP) is 2.67. The number of rotatable bonds is 2. The number of hydrogen-bond donors (Lipinski definition) is 1. The minimum Gasteiger partial charge on any atom is -0.366 e. The Labute approximate surface area is 114 Å². The third-order valence-corrected chi connectivity index (χ3v) is 3.97. The number of aromatic nitrogens is 1. The fourth-order valence-corrected chi connectivity index (χ4v) is 2.88. The number of nitrogens with one attached hydrogen (secondary N) is 1. The van der Waals surface area contributed by atoms with E-state index in [2.05, 4.69) is 53.3 Å². The summed E-state index contributed by atoms with van der Waals surface area (Å²) in [6.07, 6.45) is 1.85. The molecule has 1 aliphatic rings. The van der Waals surface area contributed by atoms with Crippen molar-refractivity contribution in [1.29, 1.82) is 0 Å². The maximum absolute atomic E-state index is 4.39. The van der Waals surface area contributed by atoms with Crippen molar-refractivity contribution in [1.82, 2.24) is 10.3 Å². The lowest BCUT2D eigenvalue weighted by atomic mass is 9.99. The van der Waals surface area contributed by atoms with Gasteiger partial charge in [-0.2, -0.15) is 0 Å². The van der Waals surface area contributed by atoms with E-state index < -0.39 is 0 Å². The molecule has 19 heavy (non-hydrogen) atoms. The van der Waals surface area contributed by atoms with Crippen LogP contribution >= 0.6 is 0 Å². The van der Waals surface area contributed by atoms with Crippen LogP contribution in [0.2, 0.25) is 0 Å². The highest BCUT2D eigenvalue weighted by Crippen LogP contribution is 2.25. The highest BCUT2D eigenvalue weighted by Gasteiger charge is 2.25. The first kappa shape index (κ1) is 12.4. The number of benzene rings is 1. The molecule has 3 heteroatoms. The molecule has 100 valence electrons. The molecule has 2 aromatic rings. The van der Waals surface area contributed by atoms with Gasteiger partial charge >= 0.3 is 0 Å². The summed E-state index contributed by atoms with van der Waals surface area (Å²) in [6, 6.07) is 11.3. The van der Waals surface area contributed by atoms with Crippen LogP contribution in [-0.2, 0) is 0 Å². The molecule has 1 fully saturated rings. The average molecular weight is 255 g/mol. The van der Waals surface area contributed by atoms with E-state index in [1.165, 1.54) is 11.1 Å². The van der Waals surface area contributed by atoms with Gasteiger partial charge in [0.25, 0.3) is 0 Å². The summed E-state index contributed by atoms with van der Waals surface area (Å²) in [5, 5.41) is 4.72. The van der Waals surface area contributed by atoms with Gasteiger partial charge in [-0.05, 0) is 30.2 Å². The molecule has 1 aromatic heterocycles. The Balaban J connectivity index is 1.97. The number of hydrogen-bond acceptors (Lipinski definition) is 3. The molecule has 1 aliphatic heterocycles. The van der Waals surface area contributed by atoms with E-state index in [0.717, 1.165) is 25.2 Å². The van der Waals surface area contributed by atoms with Crippen LogP contribution in [0, 0.1) is 5.92 Å². The molecule has 1 saturated heterocycles. The molecular weight excluding hydrogens is 234 g/mol. The van der Waals surface area contributed by atoms with E-state index in [4.69, 9.17) is 0 Å². The largest absolute Gasteiger partial charge is 0.366 e. The van der Waals surface area contributed by atoms with Crippen molar-refractivity contribution in [2.45, 2.75) is 19.9 Å². The lowest BCUT2D eigenvalue weighted by Gasteiger charge is -2.40. The molecule has 0 bridgehead atoms. The third-order valence-electron chi connectivity index (χ3n) is 3.97. The van der Waals surface area contributed by atoms with Gasteiger partial charge in [-0.25, -0.2) is 0 Å². The van der Waals surface area contributed by atoms with E-state index in [1.807, 2.05) is 12.3 Å². The van der Waals surface area contributed by atoms with Crippen LogP contribution < -0.4 is 10.2 Å². The third kappa shape index (κ3) is 2.43. The minimum atomic E-state index is 0.572. The van der Waals surface area contributed by atoms with E-state index in [9.17, 15) is 0 Å². The van der Waals surface area contributed by atoms with Crippen molar-refractivity contribution in [3.8, 4) is 0 Å². The summed E-state index contributed by atoms with van der Waals surface area (Å²) in [5.74, 6) is 0.650. The Kier molecular flexibility index (Phi) is 3.38. The average Bonchev–Trinajstić information content (AvgIpc) is 2.46. The zero-order valence-electron chi connectivity index (χ0n) is 11.6. The van der Waals surface area contributed by atoms with Crippen molar-refractivity contribution in [3.63, 3.8) is 0 Å². The van der Waals surface area contributed by atoms with Crippen LogP contribution in [0.5, 0.6) is 0 Å². The number of nitrogens with zero attached hydrogens (tertiary/aromatic N) is 2. The minimum absolute atomic E-state index is 0.572. The van der Waals surface area contributed by atoms with Gasteiger partial charge in [0.05, 0.1) is 5.52 Å². The monoisotopic (exact) mass is 255 g/mol. The Morgan fingerprint density at radius 3 is 3.05 bits per heavy atom. The van der Waals surface area contributed by atoms with Gasteiger partial charge in [0.15, 0.2) is 0 Å². The van der Waals surface area contributed by atoms with Crippen molar-refractivity contribution in [2.24, 2.45) is 5.92 Å². The van der Waals surface area contributed by atoms with Gasteiger partial charge in [-0.3, -0.25) is 4.98 Å². The van der Waals surface area contributed by atoms with Gasteiger partial charge in [0, 0.05) is 42.9 Å². The number of pyridine rings is 1. The highest BCUT2D eigenvalue weighted by atomic mass is 15.2. The van der Waals surface area contributed by atoms with Crippen LogP contribution in [0.4, 0.5) is 5.69 Å². The SMILES string of the molecule is CC(C)C1CNCCN1c1ccc2ncccc2c1. The van der Waals surface area contributed by atoms with Gasteiger partial charge < -0.3 is 10.2 Å². The molecule has 0 amide bonds. The summed E-state index contributed by atoms with van der Waals surface area (Å²) >= 11 is 0. The van der Waals surface area contributed by atoms with Gasteiger partial charge in [0.2, 0.25) is 0 Å². The molecule has 3 rings (SSSR count). The maximum atomic E-state index is 4.39. The molecule has 0 spiro atoms. The van der Waals surface area contributed by atoms with E-state index in [1.54, 1.807) is 0 Å². The summed E-state index contributed by atoms with van der Waals surface area (Å²) in [6.45, 7) is 7.81. The molecule has 2 heterocycles. The number of piperazine rings is 1. The first-order chi connectivity index (χ1) is 9.25. The highest BCUT2D eigenvalue weighted by molar-refractivity contribution is 5.82. The Morgan fingerprint density at radius 2 is 2.21 bits per heavy atom. The number of fused-ring (bicyclic) bond motifs is 1. The molecule has 0 radical (unpaired) electrons. The second-order valence-electron chi connectivity index (χ2n) is 5.59. The van der Waals surface area contributed by atoms with Crippen LogP contribution in [0.1, 0.15) is 13.8 Å². The van der Waals surface area contributed by atoms with Gasteiger partial charge in [-0.15, -0.1) is 0 Å². The molecule has 1 unspecified atom stereocenters. The number of anilines is 1. The van der Waals surface area contributed by atoms with Crippen molar-refractivity contribution in [3.05, 3.63) is 36.5 Å². The van der Waals surface area contributed by atoms with Crippen LogP contribution in [0.3, 0.4) is 0 Å². The zero-order chi connectivity index (χ0) is 13.2. The lowest BCUT2D eigenvalue weighted by Crippen LogP contribution is -2.53. The van der Waals surface area contributed by atoms with E-state index >= 15 is 0 Å². The lowest BCUT2D eigenvalue weighted by molar-refractivity contribution is 0.390. The molecule has 1 aromatic carbocycles. The summed E-state index contributed by atoms with van der Waals surface area (Å²) in [7, 11) is 0. The van der Waals surface area contributed by atoms with Crippen molar-refractivity contribution < 1.29 is 0 Å². The maximum Gasteiger partial charge on any atom is 0.0703 e. The van der Waals surface area contributed by atoms with E-state index in [-0.39, 0.29) is 0 Å². The Hall–Kier alpha value is -1.61. The Morgan fingerprint density at radius 1 is 1.32 bits per heavy atom. The quantitative estimate of drug-likeness (QED) is 0.894. The van der Waals surface area contributed by atoms with Crippen molar-refractivity contribution >= 4 is 16.6 Å². The van der Waals surface area contributed by atoms with Crippen LogP contribution in [-0.4, -0.2) is 30.7 Å². The summed E-state index contributed by atoms with van der Waals surface area (Å²) in [5.41, 5.74) is 2.39. The fraction of sp³-hybridized carbons (Fsp3) is 0.438. The van der Waals surface area contributed by atoms with Crippen LogP contribution in [0.25, 0.3) is 10.9 Å². The molecule has 1 N–H and O–H groups in total. The second kappa shape index (κ2) is 5.17. The molecule has 1 atom stereocenters. The molecule has 0 saturated carbocycles. The smallest absolute Gasteiger partial charge is 0.0703 e. The van der Waals surface area contributed by atoms with Gasteiger partial charge in [0.1, 0.15) is 0 Å².